The van der Waals surface area contributed by atoms with Gasteiger partial charge in [0.05, 0.1) is 0 Å². The van der Waals surface area contributed by atoms with Crippen LogP contribution >= 0.6 is 11.9 Å². The van der Waals surface area contributed by atoms with Crippen LogP contribution in [0, 0.1) is 11.3 Å². The molecule has 1 saturated heterocycles. The minimum absolute atomic E-state index is 0.0552. The third-order valence-corrected chi connectivity index (χ3v) is 14.1. The number of hydrogen-bond acceptors (Lipinski definition) is 5. The summed E-state index contributed by atoms with van der Waals surface area (Å²) in [5, 5.41) is 10.9. The molecule has 2 aromatic carbocycles. The molecule has 0 radical (unpaired) electrons. The Balaban J connectivity index is 1.66. The Morgan fingerprint density at radius 3 is 2.43 bits per heavy atom. The van der Waals surface area contributed by atoms with Gasteiger partial charge in [-0.1, -0.05) is 0 Å². The Bertz CT molecular complexity index is 1330. The van der Waals surface area contributed by atoms with E-state index in [0.29, 0.717) is 5.56 Å². The molecule has 0 N–H and O–H groups in total. The molecular weight excluding hydrogens is 559 g/mol. The number of aromatic nitrogens is 1. The molecule has 2 heterocycles. The summed E-state index contributed by atoms with van der Waals surface area (Å²) in [6.45, 7) is 3.19. The van der Waals surface area contributed by atoms with E-state index in [1.807, 2.05) is 23.1 Å². The van der Waals surface area contributed by atoms with Crippen LogP contribution in [0.3, 0.4) is 0 Å². The first-order chi connectivity index (χ1) is 16.8. The number of fused-ring (bicyclic) bond motifs is 1. The van der Waals surface area contributed by atoms with Crippen LogP contribution in [0.25, 0.3) is 22.0 Å². The number of rotatable bonds is 5. The normalized spacial score (nSPS) is 17.9. The molecule has 0 bridgehead atoms. The quantitative estimate of drug-likeness (QED) is 0.308. The van der Waals surface area contributed by atoms with Crippen molar-refractivity contribution >= 4 is 50.7 Å². The average Bonchev–Trinajstić information content (AvgIpc) is 3.68. The van der Waals surface area contributed by atoms with Gasteiger partial charge in [-0.25, -0.2) is 0 Å². The number of amides is 1. The van der Waals surface area contributed by atoms with E-state index in [4.69, 9.17) is 0 Å². The molecule has 1 amide bonds. The summed E-state index contributed by atoms with van der Waals surface area (Å²) >= 11 is -0.851. The second kappa shape index (κ2) is 9.42. The molecule has 3 aromatic rings. The SMILES string of the molecule is CSN1CCN(C(=O)c2cnc3ccccc3c2-c2ccc(C3(C#N)CC3)[c]([Sn]([CH3])([CH3])[CH3])c2)CC1. The van der Waals surface area contributed by atoms with E-state index in [9.17, 15) is 10.1 Å². The van der Waals surface area contributed by atoms with Crippen molar-refractivity contribution in [2.75, 3.05) is 32.4 Å². The van der Waals surface area contributed by atoms with E-state index in [1.165, 1.54) is 9.14 Å². The van der Waals surface area contributed by atoms with E-state index in [1.54, 1.807) is 18.1 Å². The number of carbonyl (C=O) groups excluding carboxylic acids is 1. The third kappa shape index (κ3) is 4.59. The standard InChI is InChI=1S/C25H23N4OS.3CH3.Sn/c1-31-29-14-12-28(13-15-29)24(30)21-16-27-22-5-3-2-4-20(22)23(21)18-6-8-19(9-7-18)25(17-26)10-11-25;;;;/h2-8,16H,10-15H2,1H3;3*1H3;. The molecule has 1 aliphatic carbocycles. The maximum atomic E-state index is 13.8. The van der Waals surface area contributed by atoms with Gasteiger partial charge in [0, 0.05) is 0 Å². The van der Waals surface area contributed by atoms with Gasteiger partial charge in [0.25, 0.3) is 0 Å². The van der Waals surface area contributed by atoms with Crippen LogP contribution < -0.4 is 3.58 Å². The van der Waals surface area contributed by atoms with Crippen molar-refractivity contribution in [1.29, 1.82) is 5.26 Å². The number of pyridine rings is 1. The van der Waals surface area contributed by atoms with E-state index in [0.717, 1.165) is 61.1 Å². The number of carbonyl (C=O) groups is 1. The van der Waals surface area contributed by atoms with Gasteiger partial charge in [-0.2, -0.15) is 0 Å². The first-order valence-corrected chi connectivity index (χ1v) is 23.5. The zero-order chi connectivity index (χ0) is 24.8. The zero-order valence-electron chi connectivity index (χ0n) is 21.0. The van der Waals surface area contributed by atoms with Crippen LogP contribution in [0.2, 0.25) is 14.8 Å². The third-order valence-electron chi connectivity index (χ3n) is 7.39. The van der Waals surface area contributed by atoms with E-state index in [2.05, 4.69) is 60.7 Å². The van der Waals surface area contributed by atoms with E-state index < -0.39 is 18.4 Å². The molecule has 5 rings (SSSR count). The Labute approximate surface area is 216 Å². The van der Waals surface area contributed by atoms with Crippen molar-refractivity contribution in [2.45, 2.75) is 33.1 Å². The van der Waals surface area contributed by atoms with Gasteiger partial charge < -0.3 is 0 Å². The molecule has 180 valence electrons. The average molecular weight is 591 g/mol. The fraction of sp³-hybridized carbons (Fsp3) is 0.393. The van der Waals surface area contributed by atoms with Gasteiger partial charge in [-0.3, -0.25) is 0 Å². The summed E-state index contributed by atoms with van der Waals surface area (Å²) < 4.78 is 3.69. The van der Waals surface area contributed by atoms with Gasteiger partial charge in [-0.05, 0) is 0 Å². The fourth-order valence-electron chi connectivity index (χ4n) is 5.16. The van der Waals surface area contributed by atoms with Crippen molar-refractivity contribution in [3.8, 4) is 17.2 Å². The van der Waals surface area contributed by atoms with Crippen molar-refractivity contribution in [1.82, 2.24) is 14.2 Å². The molecule has 1 aromatic heterocycles. The van der Waals surface area contributed by atoms with Crippen molar-refractivity contribution in [3.63, 3.8) is 0 Å². The Morgan fingerprint density at radius 2 is 1.80 bits per heavy atom. The molecule has 2 fully saturated rings. The van der Waals surface area contributed by atoms with E-state index >= 15 is 0 Å². The van der Waals surface area contributed by atoms with Crippen LogP contribution in [0.5, 0.6) is 0 Å². The molecule has 0 spiro atoms. The zero-order valence-corrected chi connectivity index (χ0v) is 24.6. The number of benzene rings is 2. The summed E-state index contributed by atoms with van der Waals surface area (Å²) in [6.07, 6.45) is 5.75. The first kappa shape index (κ1) is 24.6. The molecule has 0 atom stereocenters. The molecule has 0 unspecified atom stereocenters. The van der Waals surface area contributed by atoms with Gasteiger partial charge in [0.1, 0.15) is 0 Å². The van der Waals surface area contributed by atoms with Crippen LogP contribution in [0.15, 0.2) is 48.7 Å². The second-order valence-electron chi connectivity index (χ2n) is 10.7. The van der Waals surface area contributed by atoms with Crippen LogP contribution in [-0.4, -0.2) is 70.9 Å². The van der Waals surface area contributed by atoms with Crippen molar-refractivity contribution in [3.05, 3.63) is 59.8 Å². The molecule has 2 aliphatic rings. The van der Waals surface area contributed by atoms with Gasteiger partial charge in [-0.15, -0.1) is 0 Å². The van der Waals surface area contributed by atoms with Crippen LogP contribution in [0.1, 0.15) is 28.8 Å². The Kier molecular flexibility index (Phi) is 6.62. The number of piperazine rings is 1. The number of para-hydroxylation sites is 1. The predicted molar refractivity (Wildman–Crippen MR) is 148 cm³/mol. The summed E-state index contributed by atoms with van der Waals surface area (Å²) in [6, 6.07) is 17.3. The molecule has 5 nitrogen and oxygen atoms in total. The molecule has 1 aliphatic heterocycles. The Morgan fingerprint density at radius 1 is 1.09 bits per heavy atom. The van der Waals surface area contributed by atoms with Crippen LogP contribution in [0.4, 0.5) is 0 Å². The van der Waals surface area contributed by atoms with E-state index in [-0.39, 0.29) is 11.3 Å². The van der Waals surface area contributed by atoms with Gasteiger partial charge >= 0.3 is 217 Å². The monoisotopic (exact) mass is 592 g/mol. The Hall–Kier alpha value is -2.08. The number of hydrogen-bond donors (Lipinski definition) is 0. The number of nitrogens with zero attached hydrogens (tertiary/aromatic N) is 4. The summed E-state index contributed by atoms with van der Waals surface area (Å²) in [7, 11) is 0. The summed E-state index contributed by atoms with van der Waals surface area (Å²) in [5.41, 5.74) is 4.52. The fourth-order valence-corrected chi connectivity index (χ4v) is 10.6. The second-order valence-corrected chi connectivity index (χ2v) is 25.9. The summed E-state index contributed by atoms with van der Waals surface area (Å²) in [4.78, 5) is 27.7. The topological polar surface area (TPSA) is 60.2 Å². The maximum absolute atomic E-state index is 13.8. The summed E-state index contributed by atoms with van der Waals surface area (Å²) in [5.74, 6) is 0.0552. The number of nitriles is 1. The van der Waals surface area contributed by atoms with Crippen molar-refractivity contribution in [2.24, 2.45) is 0 Å². The molecule has 35 heavy (non-hydrogen) atoms. The predicted octanol–water partition coefficient (Wildman–Crippen LogP) is 5.04. The minimum atomic E-state index is -2.59. The van der Waals surface area contributed by atoms with Crippen molar-refractivity contribution < 1.29 is 4.79 Å². The van der Waals surface area contributed by atoms with Gasteiger partial charge in [0.15, 0.2) is 0 Å². The first-order valence-electron chi connectivity index (χ1n) is 12.3. The molecule has 1 saturated carbocycles. The van der Waals surface area contributed by atoms with Gasteiger partial charge in [0.2, 0.25) is 0 Å². The molecular formula is C28H32N4OSSn. The molecule has 7 heteroatoms. The van der Waals surface area contributed by atoms with Crippen LogP contribution in [-0.2, 0) is 5.41 Å².